The number of nitrogens with two attached hydrogens (primary N) is 2. The quantitative estimate of drug-likeness (QED) is 0.124. The summed E-state index contributed by atoms with van der Waals surface area (Å²) in [6.45, 7) is 4.48. The number of aldehydes is 1. The molecule has 0 aliphatic rings. The largest absolute Gasteiger partial charge is 0.391 e. The van der Waals surface area contributed by atoms with E-state index in [4.69, 9.17) is 11.5 Å². The zero-order valence-electron chi connectivity index (χ0n) is 16.6. The molecule has 0 saturated carbocycles. The predicted molar refractivity (Wildman–Crippen MR) is 102 cm³/mol. The second-order valence-corrected chi connectivity index (χ2v) is 6.77. The fourth-order valence-electron chi connectivity index (χ4n) is 2.25. The maximum absolute atomic E-state index is 12.6. The van der Waals surface area contributed by atoms with E-state index in [0.717, 1.165) is 0 Å². The van der Waals surface area contributed by atoms with Gasteiger partial charge in [-0.1, -0.05) is 0 Å². The highest BCUT2D eigenvalue weighted by atomic mass is 16.3. The fraction of sp³-hybridized carbons (Fsp3) is 0.765. The van der Waals surface area contributed by atoms with Gasteiger partial charge in [0.15, 0.2) is 0 Å². The van der Waals surface area contributed by atoms with Crippen LogP contribution in [0.3, 0.4) is 0 Å². The molecule has 0 aromatic heterocycles. The van der Waals surface area contributed by atoms with Crippen molar-refractivity contribution in [1.82, 2.24) is 16.0 Å². The Labute approximate surface area is 164 Å². The van der Waals surface area contributed by atoms with Crippen molar-refractivity contribution in [3.63, 3.8) is 0 Å². The molecule has 11 heteroatoms. The van der Waals surface area contributed by atoms with Crippen molar-refractivity contribution in [3.8, 4) is 0 Å². The summed E-state index contributed by atoms with van der Waals surface area (Å²) in [7, 11) is 0. The SMILES string of the molecule is C[C@H](N)C(=O)N[C@@H](CCCCN)C(=O)N[C@H](C(=O)N[C@H](C=O)[C@@H](C)O)[C@@H](C)O. The van der Waals surface area contributed by atoms with Gasteiger partial charge >= 0.3 is 0 Å². The summed E-state index contributed by atoms with van der Waals surface area (Å²) in [6.07, 6.45) is -0.648. The highest BCUT2D eigenvalue weighted by molar-refractivity contribution is 5.93. The molecule has 11 nitrogen and oxygen atoms in total. The van der Waals surface area contributed by atoms with Crippen LogP contribution in [0.5, 0.6) is 0 Å². The Bertz CT molecular complexity index is 526. The molecule has 0 heterocycles. The van der Waals surface area contributed by atoms with E-state index in [2.05, 4.69) is 16.0 Å². The maximum atomic E-state index is 12.6. The lowest BCUT2D eigenvalue weighted by Crippen LogP contribution is -2.60. The summed E-state index contributed by atoms with van der Waals surface area (Å²) in [5.74, 6) is -2.08. The fourth-order valence-corrected chi connectivity index (χ4v) is 2.25. The molecule has 0 fully saturated rings. The Kier molecular flexibility index (Phi) is 12.2. The molecule has 28 heavy (non-hydrogen) atoms. The van der Waals surface area contributed by atoms with Crippen LogP contribution in [0.2, 0.25) is 0 Å². The van der Waals surface area contributed by atoms with E-state index in [1.165, 1.54) is 20.8 Å². The predicted octanol–water partition coefficient (Wildman–Crippen LogP) is -3.12. The van der Waals surface area contributed by atoms with E-state index in [1.807, 2.05) is 0 Å². The number of hydrogen-bond acceptors (Lipinski definition) is 8. The first kappa shape index (κ1) is 25.9. The van der Waals surface area contributed by atoms with Crippen LogP contribution >= 0.6 is 0 Å². The Morgan fingerprint density at radius 2 is 1.54 bits per heavy atom. The molecule has 0 aromatic carbocycles. The Hall–Kier alpha value is -2.08. The zero-order valence-corrected chi connectivity index (χ0v) is 16.6. The smallest absolute Gasteiger partial charge is 0.245 e. The van der Waals surface area contributed by atoms with Crippen LogP contribution < -0.4 is 27.4 Å². The van der Waals surface area contributed by atoms with Crippen molar-refractivity contribution in [2.45, 2.75) is 76.4 Å². The first-order valence-corrected chi connectivity index (χ1v) is 9.23. The van der Waals surface area contributed by atoms with E-state index in [-0.39, 0.29) is 6.42 Å². The number of aliphatic hydroxyl groups excluding tert-OH is 2. The van der Waals surface area contributed by atoms with E-state index in [1.54, 1.807) is 0 Å². The number of hydrogen-bond donors (Lipinski definition) is 7. The van der Waals surface area contributed by atoms with E-state index >= 15 is 0 Å². The highest BCUT2D eigenvalue weighted by Gasteiger charge is 2.31. The van der Waals surface area contributed by atoms with Gasteiger partial charge in [0.25, 0.3) is 0 Å². The molecule has 0 saturated heterocycles. The summed E-state index contributed by atoms with van der Waals surface area (Å²) in [5, 5.41) is 26.4. The van der Waals surface area contributed by atoms with Gasteiger partial charge in [-0.25, -0.2) is 0 Å². The normalized spacial score (nSPS) is 17.4. The number of carbonyl (C=O) groups excluding carboxylic acids is 4. The molecule has 0 rings (SSSR count). The Balaban J connectivity index is 5.22. The molecule has 0 unspecified atom stereocenters. The van der Waals surface area contributed by atoms with Gasteiger partial charge < -0.3 is 42.4 Å². The summed E-state index contributed by atoms with van der Waals surface area (Å²) >= 11 is 0. The van der Waals surface area contributed by atoms with Crippen molar-refractivity contribution in [2.75, 3.05) is 6.54 Å². The molecule has 0 aliphatic carbocycles. The van der Waals surface area contributed by atoms with E-state index in [9.17, 15) is 29.4 Å². The molecule has 9 N–H and O–H groups in total. The minimum Gasteiger partial charge on any atom is -0.391 e. The van der Waals surface area contributed by atoms with Crippen LogP contribution in [0.25, 0.3) is 0 Å². The molecule has 0 spiro atoms. The van der Waals surface area contributed by atoms with Crippen LogP contribution in [0.1, 0.15) is 40.0 Å². The molecule has 0 aliphatic heterocycles. The first-order chi connectivity index (χ1) is 13.0. The summed E-state index contributed by atoms with van der Waals surface area (Å²) in [4.78, 5) is 47.7. The van der Waals surface area contributed by atoms with Gasteiger partial charge in [-0.2, -0.15) is 0 Å². The van der Waals surface area contributed by atoms with Crippen LogP contribution in [0.15, 0.2) is 0 Å². The average Bonchev–Trinajstić information content (AvgIpc) is 2.62. The Morgan fingerprint density at radius 1 is 0.929 bits per heavy atom. The summed E-state index contributed by atoms with van der Waals surface area (Å²) in [5.41, 5.74) is 11.0. The van der Waals surface area contributed by atoms with Gasteiger partial charge in [0.05, 0.1) is 18.2 Å². The van der Waals surface area contributed by atoms with Crippen LogP contribution in [-0.2, 0) is 19.2 Å². The van der Waals surface area contributed by atoms with E-state index < -0.39 is 54.1 Å². The molecule has 3 amide bonds. The maximum Gasteiger partial charge on any atom is 0.245 e. The third-order valence-corrected chi connectivity index (χ3v) is 4.03. The second-order valence-electron chi connectivity index (χ2n) is 6.77. The lowest BCUT2D eigenvalue weighted by molar-refractivity contribution is -0.135. The van der Waals surface area contributed by atoms with Gasteiger partial charge in [-0.05, 0) is 46.6 Å². The molecule has 0 bridgehead atoms. The lowest BCUT2D eigenvalue weighted by atomic mass is 10.1. The van der Waals surface area contributed by atoms with Gasteiger partial charge in [-0.15, -0.1) is 0 Å². The second kappa shape index (κ2) is 13.2. The first-order valence-electron chi connectivity index (χ1n) is 9.23. The monoisotopic (exact) mass is 403 g/mol. The Morgan fingerprint density at radius 3 is 1.96 bits per heavy atom. The molecule has 6 atom stereocenters. The standard InChI is InChI=1S/C17H33N5O6/c1-9(19)15(26)20-12(6-4-5-7-18)16(27)22-14(11(3)25)17(28)21-13(8-23)10(2)24/h8-14,24-25H,4-7,18-19H2,1-3H3,(H,20,26)(H,21,28)(H,22,27)/t9-,10+,11+,12-,13+,14-/m0/s1. The summed E-state index contributed by atoms with van der Waals surface area (Å²) in [6, 6.07) is -4.39. The third-order valence-electron chi connectivity index (χ3n) is 4.03. The van der Waals surface area contributed by atoms with Crippen LogP contribution in [0.4, 0.5) is 0 Å². The van der Waals surface area contributed by atoms with Crippen LogP contribution in [0, 0.1) is 0 Å². The molecule has 0 radical (unpaired) electrons. The zero-order chi connectivity index (χ0) is 21.9. The minimum atomic E-state index is -1.39. The average molecular weight is 403 g/mol. The number of carbonyl (C=O) groups is 4. The number of rotatable bonds is 13. The summed E-state index contributed by atoms with van der Waals surface area (Å²) < 4.78 is 0. The van der Waals surface area contributed by atoms with Gasteiger partial charge in [-0.3, -0.25) is 14.4 Å². The highest BCUT2D eigenvalue weighted by Crippen LogP contribution is 2.04. The van der Waals surface area contributed by atoms with E-state index in [0.29, 0.717) is 25.7 Å². The van der Waals surface area contributed by atoms with Crippen LogP contribution in [-0.4, -0.2) is 77.1 Å². The van der Waals surface area contributed by atoms with Crippen molar-refractivity contribution >= 4 is 24.0 Å². The lowest BCUT2D eigenvalue weighted by Gasteiger charge is -2.26. The van der Waals surface area contributed by atoms with Gasteiger partial charge in [0, 0.05) is 0 Å². The van der Waals surface area contributed by atoms with Gasteiger partial charge in [0.1, 0.15) is 24.4 Å². The van der Waals surface area contributed by atoms with Crippen molar-refractivity contribution < 1.29 is 29.4 Å². The third kappa shape index (κ3) is 9.22. The molecule has 0 aromatic rings. The minimum absolute atomic E-state index is 0.264. The number of nitrogens with one attached hydrogen (secondary N) is 3. The molecular formula is C17H33N5O6. The van der Waals surface area contributed by atoms with Crippen molar-refractivity contribution in [3.05, 3.63) is 0 Å². The molecule has 162 valence electrons. The van der Waals surface area contributed by atoms with Crippen molar-refractivity contribution in [2.24, 2.45) is 11.5 Å². The topological polar surface area (TPSA) is 197 Å². The molecular weight excluding hydrogens is 370 g/mol. The van der Waals surface area contributed by atoms with Gasteiger partial charge in [0.2, 0.25) is 17.7 Å². The number of amides is 3. The number of unbranched alkanes of at least 4 members (excludes halogenated alkanes) is 1. The number of aliphatic hydroxyl groups is 2. The van der Waals surface area contributed by atoms with Crippen molar-refractivity contribution in [1.29, 1.82) is 0 Å².